The molecule has 1 N–H and O–H groups in total. The molecule has 2 heteroatoms. The topological polar surface area (TPSA) is 12.0 Å². The average Bonchev–Trinajstić information content (AvgIpc) is 2.45. The van der Waals surface area contributed by atoms with Crippen molar-refractivity contribution < 1.29 is 0 Å². The predicted octanol–water partition coefficient (Wildman–Crippen LogP) is 2.83. The van der Waals surface area contributed by atoms with Gasteiger partial charge in [0.1, 0.15) is 0 Å². The normalized spacial score (nSPS) is 16.3. The summed E-state index contributed by atoms with van der Waals surface area (Å²) in [7, 11) is 0. The Morgan fingerprint density at radius 2 is 2.15 bits per heavy atom. The van der Waals surface area contributed by atoms with Crippen LogP contribution >= 0.6 is 11.3 Å². The van der Waals surface area contributed by atoms with E-state index < -0.39 is 0 Å². The molecule has 1 nitrogen and oxygen atoms in total. The molecule has 13 heavy (non-hydrogen) atoms. The molecule has 0 bridgehead atoms. The molecule has 1 aliphatic heterocycles. The van der Waals surface area contributed by atoms with Gasteiger partial charge in [-0.1, -0.05) is 13.8 Å². The van der Waals surface area contributed by atoms with Crippen LogP contribution < -0.4 is 5.32 Å². The van der Waals surface area contributed by atoms with Gasteiger partial charge in [-0.2, -0.15) is 0 Å². The van der Waals surface area contributed by atoms with E-state index in [1.54, 1.807) is 20.9 Å². The summed E-state index contributed by atoms with van der Waals surface area (Å²) in [5.74, 6) is 0.690. The zero-order valence-electron chi connectivity index (χ0n) is 8.61. The molecule has 0 saturated heterocycles. The molecule has 1 aromatic heterocycles. The zero-order chi connectivity index (χ0) is 9.42. The van der Waals surface area contributed by atoms with Crippen LogP contribution in [0.4, 0.5) is 0 Å². The second kappa shape index (κ2) is 3.43. The lowest BCUT2D eigenvalue weighted by Gasteiger charge is -2.12. The number of rotatable bonds is 1. The van der Waals surface area contributed by atoms with Gasteiger partial charge in [0.15, 0.2) is 0 Å². The first-order chi connectivity index (χ1) is 6.20. The lowest BCUT2D eigenvalue weighted by molar-refractivity contribution is 0.652. The Balaban J connectivity index is 2.44. The van der Waals surface area contributed by atoms with Crippen LogP contribution in [0.25, 0.3) is 0 Å². The number of fused-ring (bicyclic) bond motifs is 1. The Labute approximate surface area is 84.2 Å². The first kappa shape index (κ1) is 9.22. The van der Waals surface area contributed by atoms with Crippen LogP contribution in [0.1, 0.15) is 40.6 Å². The maximum atomic E-state index is 3.43. The number of thiophene rings is 1. The minimum atomic E-state index is 0.690. The summed E-state index contributed by atoms with van der Waals surface area (Å²) in [5, 5.41) is 3.43. The highest BCUT2D eigenvalue weighted by Crippen LogP contribution is 2.34. The molecule has 1 aromatic rings. The number of hydrogen-bond donors (Lipinski definition) is 1. The molecule has 2 rings (SSSR count). The fourth-order valence-electron chi connectivity index (χ4n) is 2.06. The van der Waals surface area contributed by atoms with Crippen LogP contribution in [0.3, 0.4) is 0 Å². The van der Waals surface area contributed by atoms with Gasteiger partial charge in [-0.3, -0.25) is 0 Å². The molecule has 0 aliphatic carbocycles. The highest BCUT2D eigenvalue weighted by atomic mass is 32.1. The van der Waals surface area contributed by atoms with E-state index in [1.165, 1.54) is 6.42 Å². The highest BCUT2D eigenvalue weighted by molar-refractivity contribution is 7.12. The number of nitrogens with one attached hydrogen (secondary N) is 1. The molecule has 0 spiro atoms. The maximum absolute atomic E-state index is 3.43. The summed E-state index contributed by atoms with van der Waals surface area (Å²) in [6.45, 7) is 9.11. The SMILES string of the molecule is Cc1c(C(C)C)sc2c1CCNC2. The third-order valence-corrected chi connectivity index (χ3v) is 4.39. The van der Waals surface area contributed by atoms with Gasteiger partial charge in [0.05, 0.1) is 0 Å². The summed E-state index contributed by atoms with van der Waals surface area (Å²) in [4.78, 5) is 3.17. The zero-order valence-corrected chi connectivity index (χ0v) is 9.42. The first-order valence-electron chi connectivity index (χ1n) is 5.02. The van der Waals surface area contributed by atoms with Crippen molar-refractivity contribution in [2.24, 2.45) is 0 Å². The molecule has 2 heterocycles. The first-order valence-corrected chi connectivity index (χ1v) is 5.83. The van der Waals surface area contributed by atoms with Gasteiger partial charge in [-0.15, -0.1) is 11.3 Å². The molecule has 0 radical (unpaired) electrons. The fraction of sp³-hybridized carbons (Fsp3) is 0.636. The number of hydrogen-bond acceptors (Lipinski definition) is 2. The summed E-state index contributed by atoms with van der Waals surface area (Å²) in [6, 6.07) is 0. The van der Waals surface area contributed by atoms with Gasteiger partial charge in [0.2, 0.25) is 0 Å². The average molecular weight is 195 g/mol. The molecule has 0 saturated carbocycles. The van der Waals surface area contributed by atoms with Crippen LogP contribution in [0.15, 0.2) is 0 Å². The Morgan fingerprint density at radius 1 is 1.38 bits per heavy atom. The van der Waals surface area contributed by atoms with E-state index in [4.69, 9.17) is 0 Å². The van der Waals surface area contributed by atoms with Crippen molar-refractivity contribution in [2.45, 2.75) is 39.7 Å². The summed E-state index contributed by atoms with van der Waals surface area (Å²) in [5.41, 5.74) is 3.20. The molecular formula is C11H17NS. The Kier molecular flexibility index (Phi) is 2.43. The fourth-order valence-corrected chi connectivity index (χ4v) is 3.39. The summed E-state index contributed by atoms with van der Waals surface area (Å²) >= 11 is 2.01. The van der Waals surface area contributed by atoms with Gasteiger partial charge in [-0.05, 0) is 36.9 Å². The molecule has 0 atom stereocenters. The Hall–Kier alpha value is -0.340. The van der Waals surface area contributed by atoms with Crippen molar-refractivity contribution in [3.63, 3.8) is 0 Å². The van der Waals surface area contributed by atoms with Crippen molar-refractivity contribution in [3.8, 4) is 0 Å². The smallest absolute Gasteiger partial charge is 0.0302 e. The molecule has 0 unspecified atom stereocenters. The third-order valence-electron chi connectivity index (χ3n) is 2.75. The lowest BCUT2D eigenvalue weighted by atomic mass is 10.0. The largest absolute Gasteiger partial charge is 0.312 e. The Morgan fingerprint density at radius 3 is 2.77 bits per heavy atom. The van der Waals surface area contributed by atoms with Gasteiger partial charge in [0.25, 0.3) is 0 Å². The van der Waals surface area contributed by atoms with E-state index in [-0.39, 0.29) is 0 Å². The summed E-state index contributed by atoms with van der Waals surface area (Å²) < 4.78 is 0. The second-order valence-corrected chi connectivity index (χ2v) is 5.21. The van der Waals surface area contributed by atoms with E-state index in [0.717, 1.165) is 13.1 Å². The minimum Gasteiger partial charge on any atom is -0.312 e. The molecule has 0 aromatic carbocycles. The Bertz CT molecular complexity index is 312. The van der Waals surface area contributed by atoms with E-state index in [2.05, 4.69) is 26.1 Å². The van der Waals surface area contributed by atoms with Crippen LogP contribution in [0, 0.1) is 6.92 Å². The van der Waals surface area contributed by atoms with Crippen molar-refractivity contribution in [2.75, 3.05) is 6.54 Å². The van der Waals surface area contributed by atoms with Crippen molar-refractivity contribution in [1.29, 1.82) is 0 Å². The lowest BCUT2D eigenvalue weighted by Crippen LogP contribution is -2.22. The third kappa shape index (κ3) is 1.53. The van der Waals surface area contributed by atoms with Crippen LogP contribution in [-0.2, 0) is 13.0 Å². The predicted molar refractivity (Wildman–Crippen MR) is 58.6 cm³/mol. The maximum Gasteiger partial charge on any atom is 0.0302 e. The van der Waals surface area contributed by atoms with Crippen molar-refractivity contribution >= 4 is 11.3 Å². The molecule has 0 fully saturated rings. The van der Waals surface area contributed by atoms with Gasteiger partial charge >= 0.3 is 0 Å². The molecule has 1 aliphatic rings. The van der Waals surface area contributed by atoms with Crippen molar-refractivity contribution in [3.05, 3.63) is 20.9 Å². The molecular weight excluding hydrogens is 178 g/mol. The van der Waals surface area contributed by atoms with E-state index in [0.29, 0.717) is 5.92 Å². The standard InChI is InChI=1S/C11H17NS/c1-7(2)11-8(3)9-4-5-12-6-10(9)13-11/h7,12H,4-6H2,1-3H3. The van der Waals surface area contributed by atoms with Gasteiger partial charge in [-0.25, -0.2) is 0 Å². The van der Waals surface area contributed by atoms with Crippen LogP contribution in [0.5, 0.6) is 0 Å². The summed E-state index contributed by atoms with van der Waals surface area (Å²) in [6.07, 6.45) is 1.23. The van der Waals surface area contributed by atoms with Crippen LogP contribution in [-0.4, -0.2) is 6.54 Å². The monoisotopic (exact) mass is 195 g/mol. The quantitative estimate of drug-likeness (QED) is 0.726. The molecule has 72 valence electrons. The van der Waals surface area contributed by atoms with E-state index in [1.807, 2.05) is 11.3 Å². The van der Waals surface area contributed by atoms with Crippen molar-refractivity contribution in [1.82, 2.24) is 5.32 Å². The van der Waals surface area contributed by atoms with E-state index in [9.17, 15) is 0 Å². The minimum absolute atomic E-state index is 0.690. The van der Waals surface area contributed by atoms with Gasteiger partial charge in [0, 0.05) is 16.3 Å². The highest BCUT2D eigenvalue weighted by Gasteiger charge is 2.18. The molecule has 0 amide bonds. The second-order valence-electron chi connectivity index (χ2n) is 4.07. The van der Waals surface area contributed by atoms with E-state index >= 15 is 0 Å². The van der Waals surface area contributed by atoms with Crippen LogP contribution in [0.2, 0.25) is 0 Å². The van der Waals surface area contributed by atoms with Gasteiger partial charge < -0.3 is 5.32 Å².